The van der Waals surface area contributed by atoms with Crippen molar-refractivity contribution in [2.75, 3.05) is 11.9 Å². The molecule has 0 saturated carbocycles. The van der Waals surface area contributed by atoms with Crippen molar-refractivity contribution in [2.45, 2.75) is 30.9 Å². The van der Waals surface area contributed by atoms with Gasteiger partial charge in [0, 0.05) is 15.5 Å². The molecule has 1 saturated heterocycles. The van der Waals surface area contributed by atoms with Crippen molar-refractivity contribution in [2.24, 2.45) is 0 Å². The Morgan fingerprint density at radius 2 is 2.16 bits per heavy atom. The molecule has 0 bridgehead atoms. The molecule has 19 heavy (non-hydrogen) atoms. The molecule has 6 heteroatoms. The van der Waals surface area contributed by atoms with Crippen LogP contribution in [0.1, 0.15) is 13.3 Å². The second-order valence-corrected chi connectivity index (χ2v) is 6.12. The summed E-state index contributed by atoms with van der Waals surface area (Å²) in [7, 11) is 0. The molecule has 1 heterocycles. The summed E-state index contributed by atoms with van der Waals surface area (Å²) in [6.45, 7) is 2.18. The topological polar surface area (TPSA) is 50.9 Å². The average molecular weight is 349 g/mol. The van der Waals surface area contributed by atoms with Crippen molar-refractivity contribution in [3.63, 3.8) is 0 Å². The SMILES string of the molecule is C[C@@H](Cl)C[C@@H]1O[C@H]1COC(=O)Nc1ccc(Br)cc1. The minimum atomic E-state index is -0.476. The van der Waals surface area contributed by atoms with Gasteiger partial charge < -0.3 is 9.47 Å². The van der Waals surface area contributed by atoms with E-state index in [1.165, 1.54) is 0 Å². The fraction of sp³-hybridized carbons (Fsp3) is 0.462. The first-order valence-corrected chi connectivity index (χ1v) is 7.26. The minimum Gasteiger partial charge on any atom is -0.446 e. The molecule has 1 aliphatic heterocycles. The number of benzene rings is 1. The van der Waals surface area contributed by atoms with E-state index in [0.29, 0.717) is 5.69 Å². The molecule has 2 rings (SSSR count). The smallest absolute Gasteiger partial charge is 0.411 e. The Kier molecular flexibility index (Phi) is 5.07. The molecule has 3 atom stereocenters. The van der Waals surface area contributed by atoms with Crippen molar-refractivity contribution in [3.8, 4) is 0 Å². The number of ether oxygens (including phenoxy) is 2. The molecular formula is C13H15BrClNO3. The maximum absolute atomic E-state index is 11.5. The van der Waals surface area contributed by atoms with Gasteiger partial charge in [-0.15, -0.1) is 11.6 Å². The van der Waals surface area contributed by atoms with Crippen molar-refractivity contribution in [1.29, 1.82) is 0 Å². The average Bonchev–Trinajstić information content (AvgIpc) is 3.07. The van der Waals surface area contributed by atoms with E-state index < -0.39 is 6.09 Å². The van der Waals surface area contributed by atoms with Gasteiger partial charge >= 0.3 is 6.09 Å². The predicted octanol–water partition coefficient (Wildman–Crippen LogP) is 3.78. The molecule has 0 radical (unpaired) electrons. The lowest BCUT2D eigenvalue weighted by Crippen LogP contribution is -2.17. The Morgan fingerprint density at radius 3 is 2.79 bits per heavy atom. The van der Waals surface area contributed by atoms with Gasteiger partial charge in [-0.3, -0.25) is 5.32 Å². The first-order chi connectivity index (χ1) is 9.04. The van der Waals surface area contributed by atoms with Crippen LogP contribution >= 0.6 is 27.5 Å². The van der Waals surface area contributed by atoms with E-state index in [9.17, 15) is 4.79 Å². The Balaban J connectivity index is 1.67. The normalized spacial score (nSPS) is 22.7. The Hall–Kier alpha value is -0.780. The van der Waals surface area contributed by atoms with Gasteiger partial charge in [0.1, 0.15) is 12.7 Å². The van der Waals surface area contributed by atoms with E-state index in [2.05, 4.69) is 21.2 Å². The molecule has 1 aliphatic rings. The number of hydrogen-bond donors (Lipinski definition) is 1. The summed E-state index contributed by atoms with van der Waals surface area (Å²) >= 11 is 9.18. The van der Waals surface area contributed by atoms with Gasteiger partial charge in [-0.25, -0.2) is 4.79 Å². The van der Waals surface area contributed by atoms with Crippen molar-refractivity contribution >= 4 is 39.3 Å². The zero-order valence-corrected chi connectivity index (χ0v) is 12.8. The van der Waals surface area contributed by atoms with Crippen LogP contribution < -0.4 is 5.32 Å². The molecule has 0 aromatic heterocycles. The molecular weight excluding hydrogens is 334 g/mol. The number of anilines is 1. The lowest BCUT2D eigenvalue weighted by Gasteiger charge is -2.05. The summed E-state index contributed by atoms with van der Waals surface area (Å²) in [5, 5.41) is 2.72. The number of halogens is 2. The lowest BCUT2D eigenvalue weighted by molar-refractivity contribution is 0.150. The Labute approximate surface area is 125 Å². The summed E-state index contributed by atoms with van der Waals surface area (Å²) in [5.41, 5.74) is 0.691. The van der Waals surface area contributed by atoms with Gasteiger partial charge in [0.25, 0.3) is 0 Å². The van der Waals surface area contributed by atoms with Gasteiger partial charge in [-0.05, 0) is 37.6 Å². The molecule has 1 amide bonds. The second kappa shape index (κ2) is 6.59. The molecule has 0 aliphatic carbocycles. The fourth-order valence-corrected chi connectivity index (χ4v) is 2.14. The summed E-state index contributed by atoms with van der Waals surface area (Å²) in [6.07, 6.45) is 0.407. The van der Waals surface area contributed by atoms with E-state index in [1.54, 1.807) is 12.1 Å². The van der Waals surface area contributed by atoms with Gasteiger partial charge in [0.2, 0.25) is 0 Å². The van der Waals surface area contributed by atoms with Crippen LogP contribution in [0.2, 0.25) is 0 Å². The van der Waals surface area contributed by atoms with Crippen LogP contribution in [0.25, 0.3) is 0 Å². The third-order valence-electron chi connectivity index (χ3n) is 2.71. The highest BCUT2D eigenvalue weighted by molar-refractivity contribution is 9.10. The number of amides is 1. The van der Waals surface area contributed by atoms with E-state index in [1.807, 2.05) is 19.1 Å². The van der Waals surface area contributed by atoms with Crippen molar-refractivity contribution < 1.29 is 14.3 Å². The quantitative estimate of drug-likeness (QED) is 0.651. The van der Waals surface area contributed by atoms with Crippen molar-refractivity contribution in [3.05, 3.63) is 28.7 Å². The largest absolute Gasteiger partial charge is 0.446 e. The van der Waals surface area contributed by atoms with Gasteiger partial charge in [-0.2, -0.15) is 0 Å². The maximum atomic E-state index is 11.5. The van der Waals surface area contributed by atoms with Gasteiger partial charge in [-0.1, -0.05) is 15.9 Å². The standard InChI is InChI=1S/C13H15BrClNO3/c1-8(15)6-11-12(19-11)7-18-13(17)16-10-4-2-9(14)3-5-10/h2-5,8,11-12H,6-7H2,1H3,(H,16,17)/t8-,11+,12+/m1/s1. The zero-order valence-electron chi connectivity index (χ0n) is 10.4. The Morgan fingerprint density at radius 1 is 1.47 bits per heavy atom. The molecule has 0 spiro atoms. The number of carbonyl (C=O) groups excluding carboxylic acids is 1. The van der Waals surface area contributed by atoms with Gasteiger partial charge in [0.15, 0.2) is 0 Å². The number of nitrogens with one attached hydrogen (secondary N) is 1. The van der Waals surface area contributed by atoms with Crippen LogP contribution in [-0.4, -0.2) is 30.3 Å². The molecule has 4 nitrogen and oxygen atoms in total. The summed E-state index contributed by atoms with van der Waals surface area (Å²) in [6, 6.07) is 7.27. The molecule has 1 aromatic carbocycles. The monoisotopic (exact) mass is 347 g/mol. The van der Waals surface area contributed by atoms with Crippen LogP contribution in [0.15, 0.2) is 28.7 Å². The van der Waals surface area contributed by atoms with Gasteiger partial charge in [0.05, 0.1) is 6.10 Å². The van der Waals surface area contributed by atoms with E-state index >= 15 is 0 Å². The Bertz CT molecular complexity index is 438. The minimum absolute atomic E-state index is 0.0168. The number of rotatable bonds is 5. The lowest BCUT2D eigenvalue weighted by atomic mass is 10.2. The summed E-state index contributed by atoms with van der Waals surface area (Å²) in [4.78, 5) is 11.5. The van der Waals surface area contributed by atoms with Crippen LogP contribution in [0.4, 0.5) is 10.5 Å². The fourth-order valence-electron chi connectivity index (χ4n) is 1.70. The third kappa shape index (κ3) is 5.01. The number of alkyl halides is 1. The predicted molar refractivity (Wildman–Crippen MR) is 77.7 cm³/mol. The van der Waals surface area contributed by atoms with Crippen LogP contribution in [0.3, 0.4) is 0 Å². The molecule has 0 unspecified atom stereocenters. The molecule has 104 valence electrons. The highest BCUT2D eigenvalue weighted by Crippen LogP contribution is 2.28. The second-order valence-electron chi connectivity index (χ2n) is 4.46. The highest BCUT2D eigenvalue weighted by Gasteiger charge is 2.40. The molecule has 1 aromatic rings. The molecule has 1 N–H and O–H groups in total. The van der Waals surface area contributed by atoms with E-state index in [-0.39, 0.29) is 24.2 Å². The number of carbonyl (C=O) groups is 1. The summed E-state index contributed by atoms with van der Waals surface area (Å²) < 4.78 is 11.4. The van der Waals surface area contributed by atoms with Crippen molar-refractivity contribution in [1.82, 2.24) is 0 Å². The third-order valence-corrected chi connectivity index (χ3v) is 3.42. The van der Waals surface area contributed by atoms with E-state index in [4.69, 9.17) is 21.1 Å². The number of epoxide rings is 1. The summed E-state index contributed by atoms with van der Waals surface area (Å²) in [5.74, 6) is 0. The molecule has 1 fully saturated rings. The first kappa shape index (κ1) is 14.6. The maximum Gasteiger partial charge on any atom is 0.411 e. The van der Waals surface area contributed by atoms with Crippen LogP contribution in [0, 0.1) is 0 Å². The first-order valence-electron chi connectivity index (χ1n) is 6.03. The highest BCUT2D eigenvalue weighted by atomic mass is 79.9. The van der Waals surface area contributed by atoms with E-state index in [0.717, 1.165) is 10.9 Å². The zero-order chi connectivity index (χ0) is 13.8. The number of hydrogen-bond acceptors (Lipinski definition) is 3. The van der Waals surface area contributed by atoms with Crippen LogP contribution in [0.5, 0.6) is 0 Å². The van der Waals surface area contributed by atoms with Crippen LogP contribution in [-0.2, 0) is 9.47 Å².